The molecule has 0 bridgehead atoms. The lowest BCUT2D eigenvalue weighted by Gasteiger charge is -2.31. The maximum Gasteiger partial charge on any atom is 0.416 e. The van der Waals surface area contributed by atoms with Gasteiger partial charge < -0.3 is 15.0 Å². The number of aryl methyl sites for hydroxylation is 1. The molecule has 5 nitrogen and oxygen atoms in total. The number of hydrogen-bond acceptors (Lipinski definition) is 4. The number of amides is 2. The van der Waals surface area contributed by atoms with Gasteiger partial charge in [0.2, 0.25) is 0 Å². The highest BCUT2D eigenvalue weighted by Gasteiger charge is 2.31. The third-order valence-corrected chi connectivity index (χ3v) is 5.95. The van der Waals surface area contributed by atoms with Gasteiger partial charge in [-0.2, -0.15) is 13.2 Å². The molecule has 0 aliphatic carbocycles. The van der Waals surface area contributed by atoms with Crippen molar-refractivity contribution in [3.8, 4) is 5.19 Å². The van der Waals surface area contributed by atoms with Crippen molar-refractivity contribution in [3.05, 3.63) is 53.6 Å². The lowest BCUT2D eigenvalue weighted by molar-refractivity contribution is -0.137. The number of para-hydroxylation sites is 1. The second-order valence-corrected chi connectivity index (χ2v) is 8.21. The van der Waals surface area contributed by atoms with E-state index in [-0.39, 0.29) is 11.8 Å². The average molecular weight is 435 g/mol. The molecule has 0 saturated carbocycles. The van der Waals surface area contributed by atoms with E-state index in [1.54, 1.807) is 4.90 Å². The molecule has 1 aliphatic heterocycles. The van der Waals surface area contributed by atoms with Crippen molar-refractivity contribution in [1.82, 2.24) is 9.88 Å². The molecule has 158 valence electrons. The molecule has 2 heterocycles. The molecule has 9 heteroatoms. The molecule has 4 rings (SSSR count). The number of nitrogens with zero attached hydrogens (tertiary/aromatic N) is 2. The molecular weight excluding hydrogens is 415 g/mol. The highest BCUT2D eigenvalue weighted by Crippen LogP contribution is 2.32. The fraction of sp³-hybridized carbons (Fsp3) is 0.333. The van der Waals surface area contributed by atoms with Crippen LogP contribution in [0.1, 0.15) is 24.0 Å². The van der Waals surface area contributed by atoms with Gasteiger partial charge in [0.1, 0.15) is 6.10 Å². The number of fused-ring (bicyclic) bond motifs is 1. The Morgan fingerprint density at radius 1 is 1.20 bits per heavy atom. The van der Waals surface area contributed by atoms with Gasteiger partial charge in [-0.1, -0.05) is 29.5 Å². The summed E-state index contributed by atoms with van der Waals surface area (Å²) in [7, 11) is 0. The summed E-state index contributed by atoms with van der Waals surface area (Å²) in [4.78, 5) is 18.6. The number of piperidine rings is 1. The van der Waals surface area contributed by atoms with Gasteiger partial charge in [-0.05, 0) is 36.8 Å². The van der Waals surface area contributed by atoms with E-state index in [1.165, 1.54) is 23.5 Å². The van der Waals surface area contributed by atoms with E-state index in [0.717, 1.165) is 27.9 Å². The second kappa shape index (κ2) is 8.14. The number of urea groups is 1. The zero-order valence-corrected chi connectivity index (χ0v) is 17.0. The van der Waals surface area contributed by atoms with Gasteiger partial charge in [-0.15, -0.1) is 0 Å². The van der Waals surface area contributed by atoms with Crippen molar-refractivity contribution in [2.24, 2.45) is 0 Å². The fourth-order valence-corrected chi connectivity index (χ4v) is 4.37. The van der Waals surface area contributed by atoms with Crippen molar-refractivity contribution < 1.29 is 22.7 Å². The van der Waals surface area contributed by atoms with E-state index in [4.69, 9.17) is 4.74 Å². The first-order chi connectivity index (χ1) is 14.3. The zero-order valence-electron chi connectivity index (χ0n) is 16.2. The van der Waals surface area contributed by atoms with E-state index in [9.17, 15) is 18.0 Å². The van der Waals surface area contributed by atoms with Gasteiger partial charge in [-0.3, -0.25) is 0 Å². The van der Waals surface area contributed by atoms with Crippen molar-refractivity contribution in [3.63, 3.8) is 0 Å². The maximum absolute atomic E-state index is 12.8. The smallest absolute Gasteiger partial charge is 0.416 e. The lowest BCUT2D eigenvalue weighted by Crippen LogP contribution is -2.43. The van der Waals surface area contributed by atoms with Gasteiger partial charge in [0.05, 0.1) is 15.8 Å². The Morgan fingerprint density at radius 2 is 1.93 bits per heavy atom. The van der Waals surface area contributed by atoms with E-state index in [2.05, 4.69) is 10.3 Å². The van der Waals surface area contributed by atoms with Crippen LogP contribution in [0.25, 0.3) is 10.2 Å². The molecule has 2 amide bonds. The first kappa shape index (κ1) is 20.5. The van der Waals surface area contributed by atoms with Crippen LogP contribution in [0.3, 0.4) is 0 Å². The molecule has 1 aliphatic rings. The molecule has 1 aromatic heterocycles. The number of likely N-dealkylation sites (tertiary alicyclic amines) is 1. The highest BCUT2D eigenvalue weighted by atomic mass is 32.1. The summed E-state index contributed by atoms with van der Waals surface area (Å²) in [6.07, 6.45) is -3.24. The van der Waals surface area contributed by atoms with Crippen LogP contribution in [0.5, 0.6) is 5.19 Å². The van der Waals surface area contributed by atoms with Gasteiger partial charge in [0.15, 0.2) is 0 Å². The van der Waals surface area contributed by atoms with Gasteiger partial charge in [-0.25, -0.2) is 9.78 Å². The number of halogens is 3. The van der Waals surface area contributed by atoms with E-state index in [0.29, 0.717) is 31.1 Å². The molecule has 3 aromatic rings. The average Bonchev–Trinajstić information content (AvgIpc) is 3.12. The Kier molecular flexibility index (Phi) is 5.55. The van der Waals surface area contributed by atoms with Crippen molar-refractivity contribution >= 4 is 33.3 Å². The van der Waals surface area contributed by atoms with Crippen molar-refractivity contribution in [2.45, 2.75) is 32.0 Å². The Bertz CT molecular complexity index is 1060. The Morgan fingerprint density at radius 3 is 2.63 bits per heavy atom. The first-order valence-corrected chi connectivity index (χ1v) is 10.4. The Labute approximate surface area is 175 Å². The van der Waals surface area contributed by atoms with Crippen LogP contribution in [0, 0.1) is 6.92 Å². The Hall–Kier alpha value is -2.81. The zero-order chi connectivity index (χ0) is 21.3. The predicted molar refractivity (Wildman–Crippen MR) is 110 cm³/mol. The molecule has 0 atom stereocenters. The number of alkyl halides is 3. The predicted octanol–water partition coefficient (Wildman–Crippen LogP) is 5.70. The molecule has 0 unspecified atom stereocenters. The number of nitrogens with one attached hydrogen (secondary N) is 1. The standard InChI is InChI=1S/C21H20F3N3O2S/c1-13-4-2-7-17-18(13)26-20(30-17)29-16-8-10-27(11-9-16)19(28)25-15-6-3-5-14(12-15)21(22,23)24/h2-7,12,16H,8-11H2,1H3,(H,25,28). The minimum Gasteiger partial charge on any atom is -0.467 e. The number of aromatic nitrogens is 1. The van der Waals surface area contributed by atoms with Gasteiger partial charge in [0, 0.05) is 31.6 Å². The number of carbonyl (C=O) groups excluding carboxylic acids is 1. The molecule has 0 radical (unpaired) electrons. The third-order valence-electron chi connectivity index (χ3n) is 5.04. The largest absolute Gasteiger partial charge is 0.467 e. The lowest BCUT2D eigenvalue weighted by atomic mass is 10.1. The van der Waals surface area contributed by atoms with E-state index >= 15 is 0 Å². The summed E-state index contributed by atoms with van der Waals surface area (Å²) in [5.74, 6) is 0. The monoisotopic (exact) mass is 435 g/mol. The van der Waals surface area contributed by atoms with E-state index in [1.807, 2.05) is 25.1 Å². The summed E-state index contributed by atoms with van der Waals surface area (Å²) >= 11 is 1.50. The third kappa shape index (κ3) is 4.51. The van der Waals surface area contributed by atoms with Crippen LogP contribution in [-0.2, 0) is 6.18 Å². The van der Waals surface area contributed by atoms with Crippen molar-refractivity contribution in [1.29, 1.82) is 0 Å². The molecule has 1 saturated heterocycles. The molecule has 1 fully saturated rings. The number of thiazole rings is 1. The number of ether oxygens (including phenoxy) is 1. The number of benzene rings is 2. The number of anilines is 1. The number of carbonyl (C=O) groups is 1. The quantitative estimate of drug-likeness (QED) is 0.574. The molecular formula is C21H20F3N3O2S. The van der Waals surface area contributed by atoms with E-state index < -0.39 is 17.8 Å². The molecule has 2 aromatic carbocycles. The maximum atomic E-state index is 12.8. The minimum atomic E-state index is -4.45. The molecule has 30 heavy (non-hydrogen) atoms. The van der Waals surface area contributed by atoms with Crippen LogP contribution in [-0.4, -0.2) is 35.1 Å². The summed E-state index contributed by atoms with van der Waals surface area (Å²) in [5.41, 5.74) is 1.37. The Balaban J connectivity index is 1.32. The van der Waals surface area contributed by atoms with Crippen LogP contribution in [0.4, 0.5) is 23.7 Å². The van der Waals surface area contributed by atoms with Crippen LogP contribution < -0.4 is 10.1 Å². The molecule has 1 N–H and O–H groups in total. The van der Waals surface area contributed by atoms with Gasteiger partial charge >= 0.3 is 12.2 Å². The molecule has 0 spiro atoms. The summed E-state index contributed by atoms with van der Waals surface area (Å²) < 4.78 is 45.6. The van der Waals surface area contributed by atoms with Crippen LogP contribution in [0.2, 0.25) is 0 Å². The first-order valence-electron chi connectivity index (χ1n) is 9.55. The van der Waals surface area contributed by atoms with Gasteiger partial charge in [0.25, 0.3) is 5.19 Å². The number of hydrogen-bond donors (Lipinski definition) is 1. The number of rotatable bonds is 3. The summed E-state index contributed by atoms with van der Waals surface area (Å²) in [6, 6.07) is 10.2. The van der Waals surface area contributed by atoms with Crippen molar-refractivity contribution in [2.75, 3.05) is 18.4 Å². The second-order valence-electron chi connectivity index (χ2n) is 7.21. The normalized spacial score (nSPS) is 15.4. The topological polar surface area (TPSA) is 54.5 Å². The van der Waals surface area contributed by atoms with Crippen LogP contribution in [0.15, 0.2) is 42.5 Å². The summed E-state index contributed by atoms with van der Waals surface area (Å²) in [6.45, 7) is 2.92. The summed E-state index contributed by atoms with van der Waals surface area (Å²) in [5, 5.41) is 3.17. The SMILES string of the molecule is Cc1cccc2sc(OC3CCN(C(=O)Nc4cccc(C(F)(F)F)c4)CC3)nc12. The highest BCUT2D eigenvalue weighted by molar-refractivity contribution is 7.20. The van der Waals surface area contributed by atoms with Crippen LogP contribution >= 0.6 is 11.3 Å². The fourth-order valence-electron chi connectivity index (χ4n) is 3.41. The minimum absolute atomic E-state index is 0.0523.